The van der Waals surface area contributed by atoms with E-state index in [0.717, 1.165) is 6.26 Å². The van der Waals surface area contributed by atoms with Gasteiger partial charge in [0.2, 0.25) is 5.91 Å². The van der Waals surface area contributed by atoms with Gasteiger partial charge in [0, 0.05) is 42.3 Å². The minimum atomic E-state index is -3.53. The molecule has 29 heavy (non-hydrogen) atoms. The molecule has 1 heterocycles. The molecule has 0 fully saturated rings. The van der Waals surface area contributed by atoms with E-state index in [4.69, 9.17) is 16.1 Å². The molecule has 152 valence electrons. The lowest BCUT2D eigenvalue weighted by Gasteiger charge is -2.11. The molecule has 0 aliphatic rings. The van der Waals surface area contributed by atoms with E-state index in [1.165, 1.54) is 13.1 Å². The third kappa shape index (κ3) is 4.67. The number of carbonyl (C=O) groups is 1. The van der Waals surface area contributed by atoms with Crippen LogP contribution < -0.4 is 0 Å². The van der Waals surface area contributed by atoms with Crippen LogP contribution in [0.1, 0.15) is 12.2 Å². The summed E-state index contributed by atoms with van der Waals surface area (Å²) in [5, 5.41) is 14.5. The van der Waals surface area contributed by atoms with Crippen molar-refractivity contribution in [2.24, 2.45) is 0 Å². The van der Waals surface area contributed by atoms with Crippen molar-refractivity contribution in [3.8, 4) is 22.4 Å². The number of nitrogens with zero attached hydrogens (tertiary/aromatic N) is 2. The fraction of sp³-hybridized carbons (Fsp3) is 0.200. The molecule has 0 radical (unpaired) electrons. The molecule has 1 N–H and O–H groups in total. The van der Waals surface area contributed by atoms with Crippen molar-refractivity contribution >= 4 is 27.3 Å². The van der Waals surface area contributed by atoms with Gasteiger partial charge in [-0.05, 0) is 18.2 Å². The van der Waals surface area contributed by atoms with Gasteiger partial charge < -0.3 is 4.52 Å². The van der Waals surface area contributed by atoms with Gasteiger partial charge in [-0.2, -0.15) is 0 Å². The predicted octanol–water partition coefficient (Wildman–Crippen LogP) is 3.85. The second kappa shape index (κ2) is 8.36. The first-order valence-electron chi connectivity index (χ1n) is 8.68. The summed E-state index contributed by atoms with van der Waals surface area (Å²) < 4.78 is 30.2. The smallest absolute Gasteiger partial charge is 0.246 e. The van der Waals surface area contributed by atoms with Gasteiger partial charge >= 0.3 is 0 Å². The maximum Gasteiger partial charge on any atom is 0.246 e. The Kier molecular flexibility index (Phi) is 6.07. The number of carbonyl (C=O) groups excluding carboxylic acids is 1. The Bertz CT molecular complexity index is 1140. The summed E-state index contributed by atoms with van der Waals surface area (Å²) in [6.45, 7) is 0. The summed E-state index contributed by atoms with van der Waals surface area (Å²) in [6.07, 6.45) is 1.24. The Morgan fingerprint density at radius 1 is 1.17 bits per heavy atom. The van der Waals surface area contributed by atoms with Crippen LogP contribution in [0.5, 0.6) is 0 Å². The van der Waals surface area contributed by atoms with Crippen molar-refractivity contribution in [1.82, 2.24) is 10.2 Å². The summed E-state index contributed by atoms with van der Waals surface area (Å²) in [7, 11) is -2.29. The number of sulfone groups is 1. The average molecular weight is 435 g/mol. The highest BCUT2D eigenvalue weighted by molar-refractivity contribution is 7.90. The zero-order chi connectivity index (χ0) is 21.2. The quantitative estimate of drug-likeness (QED) is 0.467. The first-order valence-corrected chi connectivity index (χ1v) is 10.9. The maximum atomic E-state index is 12.3. The molecule has 0 atom stereocenters. The molecule has 0 spiro atoms. The Morgan fingerprint density at radius 3 is 2.45 bits per heavy atom. The number of rotatable bonds is 6. The van der Waals surface area contributed by atoms with Crippen molar-refractivity contribution in [3.05, 3.63) is 59.3 Å². The van der Waals surface area contributed by atoms with Gasteiger partial charge in [-0.1, -0.05) is 47.1 Å². The minimum absolute atomic E-state index is 0.0315. The van der Waals surface area contributed by atoms with Crippen LogP contribution in [-0.4, -0.2) is 43.1 Å². The van der Waals surface area contributed by atoms with Crippen LogP contribution in [0, 0.1) is 0 Å². The molecular formula is C20H19ClN2O5S. The minimum Gasteiger partial charge on any atom is -0.360 e. The summed E-state index contributed by atoms with van der Waals surface area (Å²) in [5.41, 5.74) is 2.05. The number of aromatic nitrogens is 1. The van der Waals surface area contributed by atoms with Gasteiger partial charge in [0.15, 0.2) is 9.84 Å². The number of aryl methyl sites for hydroxylation is 1. The Balaban J connectivity index is 2.18. The fourth-order valence-corrected chi connectivity index (χ4v) is 3.98. The Hall–Kier alpha value is -2.68. The van der Waals surface area contributed by atoms with Gasteiger partial charge in [-0.25, -0.2) is 13.5 Å². The molecule has 0 aliphatic carbocycles. The van der Waals surface area contributed by atoms with E-state index in [-0.39, 0.29) is 17.7 Å². The molecule has 1 amide bonds. The molecule has 2 aromatic carbocycles. The number of amides is 1. The average Bonchev–Trinajstić information content (AvgIpc) is 3.09. The van der Waals surface area contributed by atoms with Crippen molar-refractivity contribution in [2.45, 2.75) is 17.7 Å². The van der Waals surface area contributed by atoms with Crippen LogP contribution in [0.2, 0.25) is 5.02 Å². The largest absolute Gasteiger partial charge is 0.360 e. The van der Waals surface area contributed by atoms with Crippen LogP contribution in [0.25, 0.3) is 22.4 Å². The highest BCUT2D eigenvalue weighted by Crippen LogP contribution is 2.38. The van der Waals surface area contributed by atoms with Crippen molar-refractivity contribution in [2.75, 3.05) is 13.3 Å². The molecule has 0 saturated heterocycles. The van der Waals surface area contributed by atoms with E-state index in [1.54, 1.807) is 42.5 Å². The first-order chi connectivity index (χ1) is 13.7. The van der Waals surface area contributed by atoms with Gasteiger partial charge in [0.1, 0.15) is 11.5 Å². The zero-order valence-corrected chi connectivity index (χ0v) is 17.4. The number of halogens is 1. The third-order valence-corrected chi connectivity index (χ3v) is 5.77. The lowest BCUT2D eigenvalue weighted by atomic mass is 9.97. The molecular weight excluding hydrogens is 416 g/mol. The van der Waals surface area contributed by atoms with E-state index < -0.39 is 15.7 Å². The number of hydrogen-bond donors (Lipinski definition) is 1. The van der Waals surface area contributed by atoms with Crippen LogP contribution in [-0.2, 0) is 21.1 Å². The topological polar surface area (TPSA) is 101 Å². The lowest BCUT2D eigenvalue weighted by molar-refractivity contribution is -0.159. The van der Waals surface area contributed by atoms with Crippen molar-refractivity contribution < 1.29 is 22.9 Å². The van der Waals surface area contributed by atoms with E-state index in [2.05, 4.69) is 5.16 Å². The van der Waals surface area contributed by atoms with Crippen molar-refractivity contribution in [3.63, 3.8) is 0 Å². The van der Waals surface area contributed by atoms with E-state index in [0.29, 0.717) is 38.2 Å². The number of hydrogen-bond acceptors (Lipinski definition) is 6. The van der Waals surface area contributed by atoms with Gasteiger partial charge in [-0.15, -0.1) is 0 Å². The van der Waals surface area contributed by atoms with Crippen LogP contribution in [0.4, 0.5) is 0 Å². The van der Waals surface area contributed by atoms with Crippen molar-refractivity contribution in [1.29, 1.82) is 0 Å². The zero-order valence-electron chi connectivity index (χ0n) is 15.8. The molecule has 7 nitrogen and oxygen atoms in total. The number of hydroxylamine groups is 2. The predicted molar refractivity (Wildman–Crippen MR) is 108 cm³/mol. The summed E-state index contributed by atoms with van der Waals surface area (Å²) in [4.78, 5) is 11.9. The second-order valence-electron chi connectivity index (χ2n) is 6.52. The molecule has 3 aromatic rings. The SMILES string of the molecule is CN(O)C(=O)CCc1onc(-c2ccc(Cl)cc2)c1-c1ccccc1S(C)(=O)=O. The molecule has 0 aliphatic heterocycles. The summed E-state index contributed by atoms with van der Waals surface area (Å²) >= 11 is 5.97. The van der Waals surface area contributed by atoms with Gasteiger partial charge in [0.25, 0.3) is 0 Å². The molecule has 0 bridgehead atoms. The second-order valence-corrected chi connectivity index (χ2v) is 8.94. The van der Waals surface area contributed by atoms with E-state index >= 15 is 0 Å². The molecule has 3 rings (SSSR count). The number of benzene rings is 2. The Morgan fingerprint density at radius 2 is 1.83 bits per heavy atom. The third-order valence-electron chi connectivity index (χ3n) is 4.36. The summed E-state index contributed by atoms with van der Waals surface area (Å²) in [5.74, 6) is -0.155. The molecule has 1 aromatic heterocycles. The highest BCUT2D eigenvalue weighted by Gasteiger charge is 2.25. The maximum absolute atomic E-state index is 12.3. The molecule has 9 heteroatoms. The monoisotopic (exact) mass is 434 g/mol. The first kappa shape index (κ1) is 21.0. The standard InChI is InChI=1S/C20H19ClN2O5S/c1-23(25)18(24)12-11-16-19(15-5-3-4-6-17(15)29(2,26)27)20(22-28-16)13-7-9-14(21)10-8-13/h3-10,25H,11-12H2,1-2H3. The van der Waals surface area contributed by atoms with Crippen LogP contribution >= 0.6 is 11.6 Å². The fourth-order valence-electron chi connectivity index (χ4n) is 2.96. The van der Waals surface area contributed by atoms with Crippen LogP contribution in [0.15, 0.2) is 57.9 Å². The lowest BCUT2D eigenvalue weighted by Crippen LogP contribution is -2.22. The summed E-state index contributed by atoms with van der Waals surface area (Å²) in [6, 6.07) is 13.4. The molecule has 0 unspecified atom stereocenters. The van der Waals surface area contributed by atoms with Crippen LogP contribution in [0.3, 0.4) is 0 Å². The normalized spacial score (nSPS) is 11.4. The highest BCUT2D eigenvalue weighted by atomic mass is 35.5. The van der Waals surface area contributed by atoms with E-state index in [9.17, 15) is 18.4 Å². The Labute approximate surface area is 173 Å². The van der Waals surface area contributed by atoms with Gasteiger partial charge in [0.05, 0.1) is 10.5 Å². The van der Waals surface area contributed by atoms with E-state index in [1.807, 2.05) is 0 Å². The molecule has 0 saturated carbocycles. The van der Waals surface area contributed by atoms with Gasteiger partial charge in [-0.3, -0.25) is 10.0 Å².